The fourth-order valence-electron chi connectivity index (χ4n) is 3.18. The Balaban J connectivity index is 1.88. The predicted octanol–water partition coefficient (Wildman–Crippen LogP) is 2.30. The molecular formula is C18H25ClN2O5S. The molecule has 9 heteroatoms. The molecule has 0 spiro atoms. The molecule has 1 saturated heterocycles. The van der Waals surface area contributed by atoms with E-state index in [9.17, 15) is 18.0 Å². The van der Waals surface area contributed by atoms with Crippen LogP contribution in [0.3, 0.4) is 0 Å². The Morgan fingerprint density at radius 1 is 1.30 bits per heavy atom. The maximum Gasteiger partial charge on any atom is 0.308 e. The lowest BCUT2D eigenvalue weighted by molar-refractivity contribution is -0.148. The Morgan fingerprint density at radius 2 is 1.96 bits per heavy atom. The maximum atomic E-state index is 12.4. The number of carbonyl (C=O) groups is 2. The van der Waals surface area contributed by atoms with E-state index in [0.717, 1.165) is 6.26 Å². The summed E-state index contributed by atoms with van der Waals surface area (Å²) in [6.07, 6.45) is 2.96. The monoisotopic (exact) mass is 416 g/mol. The number of nitrogens with zero attached hydrogens (tertiary/aromatic N) is 2. The van der Waals surface area contributed by atoms with Crippen LogP contribution in [0.5, 0.6) is 0 Å². The molecule has 1 aromatic carbocycles. The number of methoxy groups -OCH3 is 1. The van der Waals surface area contributed by atoms with Gasteiger partial charge in [-0.2, -0.15) is 0 Å². The van der Waals surface area contributed by atoms with Crippen LogP contribution < -0.4 is 4.31 Å². The summed E-state index contributed by atoms with van der Waals surface area (Å²) in [5.74, 6) is -0.409. The van der Waals surface area contributed by atoms with E-state index in [4.69, 9.17) is 16.3 Å². The molecule has 27 heavy (non-hydrogen) atoms. The number of ether oxygens (including phenoxy) is 1. The van der Waals surface area contributed by atoms with Crippen LogP contribution in [0.1, 0.15) is 25.7 Å². The fraction of sp³-hybridized carbons (Fsp3) is 0.556. The first-order valence-electron chi connectivity index (χ1n) is 8.81. The Kier molecular flexibility index (Phi) is 7.49. The zero-order valence-corrected chi connectivity index (χ0v) is 17.1. The van der Waals surface area contributed by atoms with Crippen molar-refractivity contribution in [2.75, 3.05) is 37.3 Å². The van der Waals surface area contributed by atoms with Crippen molar-refractivity contribution < 1.29 is 22.7 Å². The Hall–Kier alpha value is -1.80. The summed E-state index contributed by atoms with van der Waals surface area (Å²) in [6.45, 7) is 1.23. The maximum absolute atomic E-state index is 12.4. The molecular weight excluding hydrogens is 392 g/mol. The lowest BCUT2D eigenvalue weighted by Crippen LogP contribution is -2.40. The third kappa shape index (κ3) is 6.10. The third-order valence-corrected chi connectivity index (χ3v) is 6.06. The van der Waals surface area contributed by atoms with Gasteiger partial charge in [-0.3, -0.25) is 13.9 Å². The van der Waals surface area contributed by atoms with Crippen LogP contribution >= 0.6 is 11.6 Å². The number of sulfonamides is 1. The van der Waals surface area contributed by atoms with E-state index in [1.54, 1.807) is 29.2 Å². The van der Waals surface area contributed by atoms with Crippen molar-refractivity contribution in [3.63, 3.8) is 0 Å². The zero-order chi connectivity index (χ0) is 20.0. The molecule has 0 unspecified atom stereocenters. The van der Waals surface area contributed by atoms with Gasteiger partial charge in [-0.15, -0.1) is 0 Å². The topological polar surface area (TPSA) is 84.0 Å². The molecule has 0 atom stereocenters. The minimum atomic E-state index is -3.48. The van der Waals surface area contributed by atoms with Crippen LogP contribution in [0.4, 0.5) is 5.69 Å². The second-order valence-electron chi connectivity index (χ2n) is 6.60. The number of hydrogen-bond acceptors (Lipinski definition) is 5. The van der Waals surface area contributed by atoms with Crippen LogP contribution in [0.2, 0.25) is 5.02 Å². The normalized spacial score (nSPS) is 15.4. The fourth-order valence-corrected chi connectivity index (χ4v) is 4.32. The molecule has 7 nitrogen and oxygen atoms in total. The van der Waals surface area contributed by atoms with Crippen LogP contribution in [-0.4, -0.2) is 58.2 Å². The van der Waals surface area contributed by atoms with Gasteiger partial charge in [0.05, 0.1) is 25.0 Å². The van der Waals surface area contributed by atoms with Crippen LogP contribution in [0, 0.1) is 5.92 Å². The second-order valence-corrected chi connectivity index (χ2v) is 8.94. The highest BCUT2D eigenvalue weighted by Crippen LogP contribution is 2.23. The summed E-state index contributed by atoms with van der Waals surface area (Å²) in [5.41, 5.74) is 0.483. The molecule has 1 aromatic rings. The van der Waals surface area contributed by atoms with Crippen molar-refractivity contribution in [1.29, 1.82) is 0 Å². The number of amides is 1. The van der Waals surface area contributed by atoms with Gasteiger partial charge < -0.3 is 9.64 Å². The van der Waals surface area contributed by atoms with Crippen molar-refractivity contribution in [1.82, 2.24) is 4.90 Å². The second kappa shape index (κ2) is 9.41. The average molecular weight is 417 g/mol. The molecule has 1 fully saturated rings. The molecule has 150 valence electrons. The Morgan fingerprint density at radius 3 is 2.52 bits per heavy atom. The lowest BCUT2D eigenvalue weighted by atomic mass is 9.97. The smallest absolute Gasteiger partial charge is 0.308 e. The number of piperidine rings is 1. The molecule has 0 aliphatic carbocycles. The van der Waals surface area contributed by atoms with Gasteiger partial charge in [0.15, 0.2) is 0 Å². The third-order valence-electron chi connectivity index (χ3n) is 4.63. The SMILES string of the molecule is COC(=O)C1CCN(C(=O)CCCN(c2cccc(Cl)c2)S(C)(=O)=O)CC1. The first kappa shape index (κ1) is 21.5. The quantitative estimate of drug-likeness (QED) is 0.637. The molecule has 1 heterocycles. The van der Waals surface area contributed by atoms with Crippen molar-refractivity contribution in [3.05, 3.63) is 29.3 Å². The molecule has 0 N–H and O–H groups in total. The van der Waals surface area contributed by atoms with Crippen LogP contribution in [-0.2, 0) is 24.3 Å². The molecule has 0 saturated carbocycles. The number of esters is 1. The summed E-state index contributed by atoms with van der Waals surface area (Å²) in [6, 6.07) is 6.62. The van der Waals surface area contributed by atoms with E-state index < -0.39 is 10.0 Å². The molecule has 0 aromatic heterocycles. The molecule has 2 rings (SSSR count). The Bertz CT molecular complexity index is 776. The van der Waals surface area contributed by atoms with Gasteiger partial charge >= 0.3 is 5.97 Å². The van der Waals surface area contributed by atoms with E-state index in [0.29, 0.717) is 43.1 Å². The van der Waals surface area contributed by atoms with E-state index in [1.165, 1.54) is 11.4 Å². The number of likely N-dealkylation sites (tertiary alicyclic amines) is 1. The summed E-state index contributed by atoms with van der Waals surface area (Å²) in [5, 5.41) is 0.450. The number of rotatable bonds is 7. The first-order valence-corrected chi connectivity index (χ1v) is 11.0. The standard InChI is InChI=1S/C18H25ClN2O5S/c1-26-18(23)14-8-11-20(12-9-14)17(22)7-4-10-21(27(2,24)25)16-6-3-5-15(19)13-16/h3,5-6,13-14H,4,7-12H2,1-2H3. The van der Waals surface area contributed by atoms with Gasteiger partial charge in [0.25, 0.3) is 0 Å². The van der Waals surface area contributed by atoms with Gasteiger partial charge in [-0.25, -0.2) is 8.42 Å². The van der Waals surface area contributed by atoms with Gasteiger partial charge in [0, 0.05) is 31.1 Å². The summed E-state index contributed by atoms with van der Waals surface area (Å²) in [4.78, 5) is 25.7. The zero-order valence-electron chi connectivity index (χ0n) is 15.6. The number of carbonyl (C=O) groups excluding carboxylic acids is 2. The van der Waals surface area contributed by atoms with Crippen molar-refractivity contribution in [3.8, 4) is 0 Å². The van der Waals surface area contributed by atoms with E-state index in [2.05, 4.69) is 0 Å². The highest BCUT2D eigenvalue weighted by atomic mass is 35.5. The predicted molar refractivity (Wildman–Crippen MR) is 104 cm³/mol. The van der Waals surface area contributed by atoms with Crippen LogP contribution in [0.15, 0.2) is 24.3 Å². The number of anilines is 1. The van der Waals surface area contributed by atoms with Gasteiger partial charge in [-0.1, -0.05) is 17.7 Å². The highest BCUT2D eigenvalue weighted by molar-refractivity contribution is 7.92. The molecule has 1 aliphatic heterocycles. The summed E-state index contributed by atoms with van der Waals surface area (Å²) >= 11 is 5.95. The van der Waals surface area contributed by atoms with E-state index >= 15 is 0 Å². The highest BCUT2D eigenvalue weighted by Gasteiger charge is 2.28. The van der Waals surface area contributed by atoms with Gasteiger partial charge in [0.1, 0.15) is 0 Å². The molecule has 0 bridgehead atoms. The number of benzene rings is 1. The van der Waals surface area contributed by atoms with E-state index in [1.807, 2.05) is 0 Å². The number of halogens is 1. The van der Waals surface area contributed by atoms with E-state index in [-0.39, 0.29) is 30.8 Å². The Labute approximate surface area is 165 Å². The van der Waals surface area contributed by atoms with Crippen molar-refractivity contribution in [2.24, 2.45) is 5.92 Å². The van der Waals surface area contributed by atoms with Crippen molar-refractivity contribution >= 4 is 39.2 Å². The van der Waals surface area contributed by atoms with Gasteiger partial charge in [0.2, 0.25) is 15.9 Å². The first-order chi connectivity index (χ1) is 12.7. The molecule has 0 radical (unpaired) electrons. The minimum absolute atomic E-state index is 0.0298. The minimum Gasteiger partial charge on any atom is -0.469 e. The number of hydrogen-bond donors (Lipinski definition) is 0. The van der Waals surface area contributed by atoms with Crippen LogP contribution in [0.25, 0.3) is 0 Å². The van der Waals surface area contributed by atoms with Crippen molar-refractivity contribution in [2.45, 2.75) is 25.7 Å². The lowest BCUT2D eigenvalue weighted by Gasteiger charge is -2.31. The average Bonchev–Trinajstić information content (AvgIpc) is 2.63. The summed E-state index contributed by atoms with van der Waals surface area (Å²) in [7, 11) is -2.11. The molecule has 1 aliphatic rings. The van der Waals surface area contributed by atoms with Gasteiger partial charge in [-0.05, 0) is 37.5 Å². The summed E-state index contributed by atoms with van der Waals surface area (Å²) < 4.78 is 30.2. The molecule has 1 amide bonds. The largest absolute Gasteiger partial charge is 0.469 e.